The smallest absolute Gasteiger partial charge is 0.119 e. The van der Waals surface area contributed by atoms with E-state index in [1.54, 1.807) is 0 Å². The molecule has 18 heavy (non-hydrogen) atoms. The molecule has 1 aromatic rings. The SMILES string of the molecule is Cc1ccc(OCC(C)NCCC(C)(C)O)cc1. The van der Waals surface area contributed by atoms with Crippen LogP contribution in [0.3, 0.4) is 0 Å². The van der Waals surface area contributed by atoms with E-state index in [4.69, 9.17) is 4.74 Å². The zero-order valence-corrected chi connectivity index (χ0v) is 11.9. The fourth-order valence-electron chi connectivity index (χ4n) is 1.54. The zero-order chi connectivity index (χ0) is 13.6. The highest BCUT2D eigenvalue weighted by atomic mass is 16.5. The Morgan fingerprint density at radius 1 is 1.28 bits per heavy atom. The Hall–Kier alpha value is -1.06. The highest BCUT2D eigenvalue weighted by Crippen LogP contribution is 2.11. The van der Waals surface area contributed by atoms with Crippen molar-refractivity contribution in [3.05, 3.63) is 29.8 Å². The van der Waals surface area contributed by atoms with Gasteiger partial charge in [0.25, 0.3) is 0 Å². The van der Waals surface area contributed by atoms with Crippen LogP contribution in [0.4, 0.5) is 0 Å². The van der Waals surface area contributed by atoms with Crippen LogP contribution in [0, 0.1) is 6.92 Å². The molecule has 0 radical (unpaired) electrons. The molecule has 3 nitrogen and oxygen atoms in total. The summed E-state index contributed by atoms with van der Waals surface area (Å²) in [6.07, 6.45) is 0.738. The van der Waals surface area contributed by atoms with Gasteiger partial charge in [0.1, 0.15) is 12.4 Å². The second kappa shape index (κ2) is 6.76. The predicted octanol–water partition coefficient (Wildman–Crippen LogP) is 2.51. The van der Waals surface area contributed by atoms with E-state index in [0.717, 1.165) is 18.7 Å². The lowest BCUT2D eigenvalue weighted by atomic mass is 10.1. The minimum atomic E-state index is -0.607. The van der Waals surface area contributed by atoms with Crippen LogP contribution in [0.2, 0.25) is 0 Å². The van der Waals surface area contributed by atoms with E-state index in [0.29, 0.717) is 6.61 Å². The van der Waals surface area contributed by atoms with Gasteiger partial charge in [-0.05, 0) is 52.8 Å². The van der Waals surface area contributed by atoms with Crippen molar-refractivity contribution in [3.63, 3.8) is 0 Å². The molecular weight excluding hydrogens is 226 g/mol. The quantitative estimate of drug-likeness (QED) is 0.782. The monoisotopic (exact) mass is 251 g/mol. The third kappa shape index (κ3) is 6.62. The Kier molecular flexibility index (Phi) is 5.63. The number of hydrogen-bond acceptors (Lipinski definition) is 3. The molecule has 0 saturated carbocycles. The Bertz CT molecular complexity index is 341. The van der Waals surface area contributed by atoms with Gasteiger partial charge in [0.2, 0.25) is 0 Å². The number of hydrogen-bond donors (Lipinski definition) is 2. The summed E-state index contributed by atoms with van der Waals surface area (Å²) in [6, 6.07) is 8.33. The number of rotatable bonds is 7. The van der Waals surface area contributed by atoms with Crippen LogP contribution < -0.4 is 10.1 Å². The second-order valence-electron chi connectivity index (χ2n) is 5.54. The topological polar surface area (TPSA) is 41.5 Å². The average molecular weight is 251 g/mol. The van der Waals surface area contributed by atoms with Crippen molar-refractivity contribution in [2.75, 3.05) is 13.2 Å². The van der Waals surface area contributed by atoms with Gasteiger partial charge in [0, 0.05) is 6.04 Å². The lowest BCUT2D eigenvalue weighted by Crippen LogP contribution is -2.35. The molecule has 102 valence electrons. The van der Waals surface area contributed by atoms with E-state index >= 15 is 0 Å². The standard InChI is InChI=1S/C15H25NO2/c1-12-5-7-14(8-6-12)18-11-13(2)16-10-9-15(3,4)17/h5-8,13,16-17H,9-11H2,1-4H3. The molecule has 0 bridgehead atoms. The number of aryl methyl sites for hydroxylation is 1. The van der Waals surface area contributed by atoms with Crippen molar-refractivity contribution in [2.45, 2.75) is 45.8 Å². The molecule has 3 heteroatoms. The fraction of sp³-hybridized carbons (Fsp3) is 0.600. The maximum absolute atomic E-state index is 9.59. The van der Waals surface area contributed by atoms with Crippen molar-refractivity contribution in [3.8, 4) is 5.75 Å². The lowest BCUT2D eigenvalue weighted by molar-refractivity contribution is 0.0699. The van der Waals surface area contributed by atoms with Crippen LogP contribution in [0.25, 0.3) is 0 Å². The number of benzene rings is 1. The number of aliphatic hydroxyl groups is 1. The molecule has 2 N–H and O–H groups in total. The van der Waals surface area contributed by atoms with E-state index in [-0.39, 0.29) is 6.04 Å². The molecule has 1 rings (SSSR count). The Morgan fingerprint density at radius 2 is 1.89 bits per heavy atom. The van der Waals surface area contributed by atoms with Crippen LogP contribution >= 0.6 is 0 Å². The summed E-state index contributed by atoms with van der Waals surface area (Å²) in [4.78, 5) is 0. The summed E-state index contributed by atoms with van der Waals surface area (Å²) >= 11 is 0. The van der Waals surface area contributed by atoms with Crippen molar-refractivity contribution < 1.29 is 9.84 Å². The van der Waals surface area contributed by atoms with Crippen LogP contribution in [-0.2, 0) is 0 Å². The largest absolute Gasteiger partial charge is 0.492 e. The Morgan fingerprint density at radius 3 is 2.44 bits per heavy atom. The average Bonchev–Trinajstić information content (AvgIpc) is 2.26. The molecule has 0 aliphatic carbocycles. The minimum absolute atomic E-state index is 0.272. The third-order valence-corrected chi connectivity index (χ3v) is 2.75. The highest BCUT2D eigenvalue weighted by molar-refractivity contribution is 5.26. The van der Waals surface area contributed by atoms with Gasteiger partial charge in [-0.3, -0.25) is 0 Å². The van der Waals surface area contributed by atoms with Crippen molar-refractivity contribution in [2.24, 2.45) is 0 Å². The van der Waals surface area contributed by atoms with E-state index in [1.807, 2.05) is 38.1 Å². The molecule has 1 aromatic carbocycles. The predicted molar refractivity (Wildman–Crippen MR) is 75.1 cm³/mol. The molecular formula is C15H25NO2. The molecule has 0 aliphatic heterocycles. The molecule has 1 atom stereocenters. The number of nitrogens with one attached hydrogen (secondary N) is 1. The van der Waals surface area contributed by atoms with E-state index in [1.165, 1.54) is 5.56 Å². The van der Waals surface area contributed by atoms with Gasteiger partial charge in [-0.25, -0.2) is 0 Å². The summed E-state index contributed by atoms with van der Waals surface area (Å²) in [7, 11) is 0. The van der Waals surface area contributed by atoms with Gasteiger partial charge in [0.15, 0.2) is 0 Å². The Balaban J connectivity index is 2.21. The second-order valence-corrected chi connectivity index (χ2v) is 5.54. The number of ether oxygens (including phenoxy) is 1. The van der Waals surface area contributed by atoms with Gasteiger partial charge in [0.05, 0.1) is 5.60 Å². The summed E-state index contributed by atoms with van der Waals surface area (Å²) in [5.74, 6) is 0.900. The molecule has 0 aromatic heterocycles. The van der Waals surface area contributed by atoms with E-state index < -0.39 is 5.60 Å². The molecule has 0 saturated heterocycles. The minimum Gasteiger partial charge on any atom is -0.492 e. The maximum Gasteiger partial charge on any atom is 0.119 e. The maximum atomic E-state index is 9.59. The summed E-state index contributed by atoms with van der Waals surface area (Å²) in [6.45, 7) is 9.21. The van der Waals surface area contributed by atoms with Crippen LogP contribution in [0.5, 0.6) is 5.75 Å². The van der Waals surface area contributed by atoms with Gasteiger partial charge >= 0.3 is 0 Å². The summed E-state index contributed by atoms with van der Waals surface area (Å²) in [5.41, 5.74) is 0.628. The van der Waals surface area contributed by atoms with Crippen molar-refractivity contribution in [1.29, 1.82) is 0 Å². The first kappa shape index (κ1) is 15.0. The first-order valence-corrected chi connectivity index (χ1v) is 6.52. The normalized spacial score (nSPS) is 13.4. The van der Waals surface area contributed by atoms with Gasteiger partial charge in [-0.15, -0.1) is 0 Å². The fourth-order valence-corrected chi connectivity index (χ4v) is 1.54. The van der Waals surface area contributed by atoms with Crippen molar-refractivity contribution >= 4 is 0 Å². The highest BCUT2D eigenvalue weighted by Gasteiger charge is 2.12. The third-order valence-electron chi connectivity index (χ3n) is 2.75. The Labute approximate surface area is 110 Å². The summed E-state index contributed by atoms with van der Waals surface area (Å²) in [5, 5.41) is 12.9. The van der Waals surface area contributed by atoms with E-state index in [2.05, 4.69) is 19.2 Å². The van der Waals surface area contributed by atoms with Crippen LogP contribution in [0.1, 0.15) is 32.8 Å². The lowest BCUT2D eigenvalue weighted by Gasteiger charge is -2.20. The molecule has 0 amide bonds. The van der Waals surface area contributed by atoms with Crippen LogP contribution in [-0.4, -0.2) is 29.9 Å². The first-order valence-electron chi connectivity index (χ1n) is 6.52. The van der Waals surface area contributed by atoms with Crippen molar-refractivity contribution in [1.82, 2.24) is 5.32 Å². The molecule has 1 unspecified atom stereocenters. The molecule has 0 aliphatic rings. The van der Waals surface area contributed by atoms with Crippen LogP contribution in [0.15, 0.2) is 24.3 Å². The molecule has 0 fully saturated rings. The first-order chi connectivity index (χ1) is 8.37. The molecule has 0 heterocycles. The molecule has 0 spiro atoms. The zero-order valence-electron chi connectivity index (χ0n) is 11.9. The summed E-state index contributed by atoms with van der Waals surface area (Å²) < 4.78 is 5.68. The van der Waals surface area contributed by atoms with Gasteiger partial charge in [-0.2, -0.15) is 0 Å². The van der Waals surface area contributed by atoms with Gasteiger partial charge < -0.3 is 15.2 Å². The van der Waals surface area contributed by atoms with Gasteiger partial charge in [-0.1, -0.05) is 17.7 Å². The van der Waals surface area contributed by atoms with E-state index in [9.17, 15) is 5.11 Å².